The topological polar surface area (TPSA) is 90.4 Å². The van der Waals surface area contributed by atoms with E-state index in [4.69, 9.17) is 36.3 Å². The molecule has 0 amide bonds. The lowest BCUT2D eigenvalue weighted by atomic mass is 9.78. The summed E-state index contributed by atoms with van der Waals surface area (Å²) in [5.41, 5.74) is 5.19. The molecule has 0 radical (unpaired) electrons. The second-order valence-electron chi connectivity index (χ2n) is 9.84. The van der Waals surface area contributed by atoms with Gasteiger partial charge in [-0.2, -0.15) is 5.10 Å². The van der Waals surface area contributed by atoms with Crippen molar-refractivity contribution < 1.29 is 23.7 Å². The van der Waals surface area contributed by atoms with Gasteiger partial charge in [-0.15, -0.1) is 0 Å². The maximum absolute atomic E-state index is 11.8. The van der Waals surface area contributed by atoms with Gasteiger partial charge in [-0.1, -0.05) is 24.6 Å². The Bertz CT molecular complexity index is 1360. The third-order valence-electron chi connectivity index (χ3n) is 6.89. The van der Waals surface area contributed by atoms with Gasteiger partial charge in [0.25, 0.3) is 0 Å². The van der Waals surface area contributed by atoms with Gasteiger partial charge in [0, 0.05) is 17.7 Å². The maximum atomic E-state index is 11.8. The van der Waals surface area contributed by atoms with Crippen LogP contribution in [0.5, 0.6) is 23.0 Å². The molecular formula is C31H33N3O5S. The van der Waals surface area contributed by atoms with Crippen molar-refractivity contribution in [3.05, 3.63) is 78.4 Å². The minimum absolute atomic E-state index is 0.161. The van der Waals surface area contributed by atoms with Crippen LogP contribution in [0.1, 0.15) is 51.0 Å². The zero-order valence-electron chi connectivity index (χ0n) is 22.5. The summed E-state index contributed by atoms with van der Waals surface area (Å²) in [7, 11) is 0. The van der Waals surface area contributed by atoms with Crippen LogP contribution < -0.4 is 25.0 Å². The number of anilines is 1. The predicted molar refractivity (Wildman–Crippen MR) is 158 cm³/mol. The summed E-state index contributed by atoms with van der Waals surface area (Å²) in [6.45, 7) is 1.91. The number of thiocarbonyl (C=S) groups is 1. The van der Waals surface area contributed by atoms with E-state index in [1.807, 2.05) is 72.8 Å². The summed E-state index contributed by atoms with van der Waals surface area (Å²) in [4.78, 5) is 11.8. The predicted octanol–water partition coefficient (Wildman–Crippen LogP) is 6.60. The minimum atomic E-state index is -0.413. The van der Waals surface area contributed by atoms with Crippen LogP contribution in [0.4, 0.5) is 5.69 Å². The molecule has 0 bridgehead atoms. The minimum Gasteiger partial charge on any atom is -0.486 e. The first kappa shape index (κ1) is 27.5. The van der Waals surface area contributed by atoms with Gasteiger partial charge in [0.2, 0.25) is 0 Å². The highest BCUT2D eigenvalue weighted by atomic mass is 32.1. The van der Waals surface area contributed by atoms with Crippen LogP contribution in [0.25, 0.3) is 0 Å². The lowest BCUT2D eigenvalue weighted by molar-refractivity contribution is -0.145. The van der Waals surface area contributed by atoms with Crippen LogP contribution >= 0.6 is 12.2 Å². The highest BCUT2D eigenvalue weighted by Crippen LogP contribution is 2.43. The van der Waals surface area contributed by atoms with Crippen molar-refractivity contribution >= 4 is 34.7 Å². The van der Waals surface area contributed by atoms with Gasteiger partial charge in [0.15, 0.2) is 11.7 Å². The lowest BCUT2D eigenvalue weighted by Gasteiger charge is -2.41. The fraction of sp³-hybridized carbons (Fsp3) is 0.323. The summed E-state index contributed by atoms with van der Waals surface area (Å²) in [5, 5.41) is 8.26. The Labute approximate surface area is 239 Å². The maximum Gasteiger partial charge on any atom is 0.344 e. The summed E-state index contributed by atoms with van der Waals surface area (Å²) in [6, 6.07) is 22.7. The number of nitrogens with zero attached hydrogens (tertiary/aromatic N) is 1. The van der Waals surface area contributed by atoms with Gasteiger partial charge >= 0.3 is 5.97 Å². The number of esters is 1. The fourth-order valence-corrected chi connectivity index (χ4v) is 5.17. The summed E-state index contributed by atoms with van der Waals surface area (Å²) < 4.78 is 23.0. The molecule has 2 N–H and O–H groups in total. The largest absolute Gasteiger partial charge is 0.486 e. The van der Waals surface area contributed by atoms with Gasteiger partial charge in [-0.05, 0) is 99.4 Å². The van der Waals surface area contributed by atoms with E-state index in [9.17, 15) is 4.79 Å². The quantitative estimate of drug-likeness (QED) is 0.181. The number of para-hydroxylation sites is 1. The van der Waals surface area contributed by atoms with E-state index in [1.165, 1.54) is 6.42 Å². The first-order valence-electron chi connectivity index (χ1n) is 13.6. The third-order valence-corrected chi connectivity index (χ3v) is 7.08. The van der Waals surface area contributed by atoms with E-state index in [0.29, 0.717) is 23.9 Å². The monoisotopic (exact) mass is 559 g/mol. The molecule has 9 heteroatoms. The number of carbonyl (C=O) groups excluding carboxylic acids is 1. The molecule has 1 aliphatic carbocycles. The number of ether oxygens (including phenoxy) is 4. The first-order chi connectivity index (χ1) is 19.5. The number of hydrazone groups is 1. The molecule has 0 saturated heterocycles. The van der Waals surface area contributed by atoms with E-state index in [-0.39, 0.29) is 12.2 Å². The van der Waals surface area contributed by atoms with Crippen molar-refractivity contribution in [2.75, 3.05) is 18.5 Å². The van der Waals surface area contributed by atoms with Gasteiger partial charge in [-0.25, -0.2) is 4.79 Å². The van der Waals surface area contributed by atoms with Crippen molar-refractivity contribution in [3.8, 4) is 23.0 Å². The van der Waals surface area contributed by atoms with E-state index in [2.05, 4.69) is 10.7 Å². The molecule has 2 aliphatic rings. The second kappa shape index (κ2) is 12.8. The Balaban J connectivity index is 1.28. The summed E-state index contributed by atoms with van der Waals surface area (Å²) in [6.07, 6.45) is 6.08. The smallest absolute Gasteiger partial charge is 0.344 e. The van der Waals surface area contributed by atoms with Crippen molar-refractivity contribution in [2.45, 2.75) is 51.0 Å². The van der Waals surface area contributed by atoms with Crippen molar-refractivity contribution in [1.82, 2.24) is 5.43 Å². The number of fused-ring (bicyclic) bond motifs is 1. The Morgan fingerprint density at radius 1 is 0.975 bits per heavy atom. The Morgan fingerprint density at radius 2 is 1.70 bits per heavy atom. The molecule has 3 aromatic carbocycles. The molecule has 0 unspecified atom stereocenters. The normalized spacial score (nSPS) is 16.4. The van der Waals surface area contributed by atoms with Gasteiger partial charge in [0.05, 0.1) is 12.3 Å². The SMILES string of the molecule is CCOC(=O)COc1ccc2c(c1)C(=NNC(=S)Nc1ccc(Oc3ccccc3)cc1)CC1(CCCCC1)O2. The van der Waals surface area contributed by atoms with Crippen LogP contribution in [0.3, 0.4) is 0 Å². The zero-order valence-corrected chi connectivity index (χ0v) is 23.3. The van der Waals surface area contributed by atoms with Crippen molar-refractivity contribution in [3.63, 3.8) is 0 Å². The Kier molecular flexibility index (Phi) is 8.81. The average molecular weight is 560 g/mol. The Morgan fingerprint density at radius 3 is 2.45 bits per heavy atom. The van der Waals surface area contributed by atoms with E-state index < -0.39 is 5.97 Å². The Hall–Kier alpha value is -4.11. The van der Waals surface area contributed by atoms with E-state index in [0.717, 1.165) is 59.9 Å². The summed E-state index contributed by atoms with van der Waals surface area (Å²) >= 11 is 5.54. The van der Waals surface area contributed by atoms with Crippen LogP contribution in [-0.2, 0) is 9.53 Å². The lowest BCUT2D eigenvalue weighted by Crippen LogP contribution is -2.44. The number of rotatable bonds is 8. The van der Waals surface area contributed by atoms with E-state index in [1.54, 1.807) is 6.92 Å². The molecule has 5 rings (SSSR count). The van der Waals surface area contributed by atoms with Crippen molar-refractivity contribution in [1.29, 1.82) is 0 Å². The van der Waals surface area contributed by atoms with Crippen LogP contribution in [-0.4, -0.2) is 35.6 Å². The molecule has 8 nitrogen and oxygen atoms in total. The standard InChI is InChI=1S/C31H33N3O5S/c1-2-36-29(35)21-37-25-15-16-28-26(19-25)27(20-31(39-28)17-7-4-8-18-31)33-34-30(40)32-22-11-13-24(14-12-22)38-23-9-5-3-6-10-23/h3,5-6,9-16,19H,2,4,7-8,17-18,20-21H2,1H3,(H2,32,34,40). The first-order valence-corrected chi connectivity index (χ1v) is 14.0. The summed E-state index contributed by atoms with van der Waals surface area (Å²) in [5.74, 6) is 2.39. The number of benzene rings is 3. The van der Waals surface area contributed by atoms with Crippen molar-refractivity contribution in [2.24, 2.45) is 5.10 Å². The fourth-order valence-electron chi connectivity index (χ4n) is 5.01. The van der Waals surface area contributed by atoms with Crippen LogP contribution in [0.2, 0.25) is 0 Å². The van der Waals surface area contributed by atoms with Gasteiger partial charge in [0.1, 0.15) is 28.6 Å². The van der Waals surface area contributed by atoms with Crippen LogP contribution in [0.15, 0.2) is 77.9 Å². The molecule has 3 aromatic rings. The molecule has 1 heterocycles. The molecule has 0 atom stereocenters. The van der Waals surface area contributed by atoms with Gasteiger partial charge < -0.3 is 24.3 Å². The highest BCUT2D eigenvalue weighted by Gasteiger charge is 2.40. The molecular weight excluding hydrogens is 526 g/mol. The number of hydrogen-bond donors (Lipinski definition) is 2. The number of hydrogen-bond acceptors (Lipinski definition) is 7. The zero-order chi connectivity index (χ0) is 27.8. The second-order valence-corrected chi connectivity index (χ2v) is 10.2. The average Bonchev–Trinajstić information content (AvgIpc) is 2.97. The molecule has 0 aromatic heterocycles. The molecule has 1 saturated carbocycles. The molecule has 208 valence electrons. The van der Waals surface area contributed by atoms with E-state index >= 15 is 0 Å². The number of nitrogens with one attached hydrogen (secondary N) is 2. The molecule has 1 fully saturated rings. The van der Waals surface area contributed by atoms with Gasteiger partial charge in [-0.3, -0.25) is 5.43 Å². The molecule has 1 spiro atoms. The molecule has 40 heavy (non-hydrogen) atoms. The van der Waals surface area contributed by atoms with Crippen LogP contribution in [0, 0.1) is 0 Å². The highest BCUT2D eigenvalue weighted by molar-refractivity contribution is 7.80. The third kappa shape index (κ3) is 7.09. The number of carbonyl (C=O) groups is 1. The molecule has 1 aliphatic heterocycles.